The Morgan fingerprint density at radius 1 is 1.03 bits per heavy atom. The summed E-state index contributed by atoms with van der Waals surface area (Å²) < 4.78 is 5.20. The van der Waals surface area contributed by atoms with Gasteiger partial charge in [-0.2, -0.15) is 0 Å². The average molecular weight is 419 g/mol. The van der Waals surface area contributed by atoms with Crippen LogP contribution in [0.5, 0.6) is 5.75 Å². The van der Waals surface area contributed by atoms with Crippen LogP contribution in [0, 0.1) is 10.1 Å². The number of hydrogen-bond donors (Lipinski definition) is 0. The molecule has 0 saturated carbocycles. The molecule has 2 heterocycles. The lowest BCUT2D eigenvalue weighted by atomic mass is 10.1. The molecule has 0 spiro atoms. The normalized spacial score (nSPS) is 13.7. The van der Waals surface area contributed by atoms with Gasteiger partial charge in [0.25, 0.3) is 11.6 Å². The van der Waals surface area contributed by atoms with Gasteiger partial charge in [0.15, 0.2) is 0 Å². The van der Waals surface area contributed by atoms with Gasteiger partial charge in [-0.3, -0.25) is 14.9 Å². The molecular formula is C22H21N5O4. The number of carbonyl (C=O) groups excluding carboxylic acids is 1. The first-order chi connectivity index (χ1) is 15.0. The molecule has 0 radical (unpaired) electrons. The number of nitrogens with zero attached hydrogens (tertiary/aromatic N) is 5. The van der Waals surface area contributed by atoms with Gasteiger partial charge in [-0.1, -0.05) is 6.07 Å². The van der Waals surface area contributed by atoms with E-state index in [1.54, 1.807) is 18.1 Å². The van der Waals surface area contributed by atoms with E-state index >= 15 is 0 Å². The average Bonchev–Trinajstić information content (AvgIpc) is 2.84. The maximum Gasteiger partial charge on any atom is 0.270 e. The fourth-order valence-electron chi connectivity index (χ4n) is 3.51. The zero-order chi connectivity index (χ0) is 21.8. The molecule has 0 unspecified atom stereocenters. The van der Waals surface area contributed by atoms with Crippen LogP contribution in [-0.2, 0) is 0 Å². The summed E-state index contributed by atoms with van der Waals surface area (Å²) in [6, 6.07) is 15.4. The van der Waals surface area contributed by atoms with Gasteiger partial charge < -0.3 is 14.5 Å². The van der Waals surface area contributed by atoms with Crippen molar-refractivity contribution in [2.45, 2.75) is 0 Å². The molecule has 1 amide bonds. The number of non-ortho nitro benzene ring substituents is 1. The number of aromatic nitrogens is 2. The van der Waals surface area contributed by atoms with Gasteiger partial charge in [0.05, 0.1) is 17.7 Å². The van der Waals surface area contributed by atoms with Gasteiger partial charge in [-0.15, -0.1) is 0 Å². The highest BCUT2D eigenvalue weighted by Gasteiger charge is 2.24. The van der Waals surface area contributed by atoms with E-state index in [9.17, 15) is 14.9 Å². The van der Waals surface area contributed by atoms with E-state index in [0.29, 0.717) is 31.7 Å². The molecule has 0 atom stereocenters. The number of nitro benzene ring substituents is 1. The smallest absolute Gasteiger partial charge is 0.270 e. The van der Waals surface area contributed by atoms with Crippen molar-refractivity contribution in [2.75, 3.05) is 38.2 Å². The SMILES string of the molecule is COc1ccc(-c2cc(N3CCN(C(=O)c4cccc([N+](=O)[O-])c4)CC3)ncn2)cc1. The van der Waals surface area contributed by atoms with Crippen LogP contribution in [-0.4, -0.2) is 59.0 Å². The van der Waals surface area contributed by atoms with Crippen LogP contribution in [0.25, 0.3) is 11.3 Å². The molecular weight excluding hydrogens is 398 g/mol. The van der Waals surface area contributed by atoms with Crippen LogP contribution in [0.2, 0.25) is 0 Å². The first-order valence-electron chi connectivity index (χ1n) is 9.80. The number of nitro groups is 1. The van der Waals surface area contributed by atoms with Gasteiger partial charge in [0.2, 0.25) is 0 Å². The van der Waals surface area contributed by atoms with Crippen molar-refractivity contribution in [1.29, 1.82) is 0 Å². The third-order valence-corrected chi connectivity index (χ3v) is 5.23. The van der Waals surface area contributed by atoms with E-state index in [2.05, 4.69) is 14.9 Å². The molecule has 3 aromatic rings. The second-order valence-electron chi connectivity index (χ2n) is 7.08. The molecule has 2 aromatic carbocycles. The predicted molar refractivity (Wildman–Crippen MR) is 115 cm³/mol. The quantitative estimate of drug-likeness (QED) is 0.463. The van der Waals surface area contributed by atoms with Crippen molar-refractivity contribution >= 4 is 17.4 Å². The molecule has 0 bridgehead atoms. The Morgan fingerprint density at radius 3 is 2.45 bits per heavy atom. The molecule has 4 rings (SSSR count). The number of ether oxygens (including phenoxy) is 1. The molecule has 0 aliphatic carbocycles. The summed E-state index contributed by atoms with van der Waals surface area (Å²) >= 11 is 0. The fraction of sp³-hybridized carbons (Fsp3) is 0.227. The van der Waals surface area contributed by atoms with E-state index in [4.69, 9.17) is 4.74 Å². The topological polar surface area (TPSA) is 102 Å². The molecule has 158 valence electrons. The van der Waals surface area contributed by atoms with Gasteiger partial charge >= 0.3 is 0 Å². The van der Waals surface area contributed by atoms with E-state index in [-0.39, 0.29) is 11.6 Å². The Kier molecular flexibility index (Phi) is 5.74. The Bertz CT molecular complexity index is 1100. The van der Waals surface area contributed by atoms with E-state index < -0.39 is 4.92 Å². The fourth-order valence-corrected chi connectivity index (χ4v) is 3.51. The molecule has 0 N–H and O–H groups in total. The lowest BCUT2D eigenvalue weighted by Crippen LogP contribution is -2.49. The molecule has 9 heteroatoms. The predicted octanol–water partition coefficient (Wildman–Crippen LogP) is 3.02. The zero-order valence-electron chi connectivity index (χ0n) is 17.0. The Morgan fingerprint density at radius 2 is 1.77 bits per heavy atom. The molecule has 1 fully saturated rings. The Balaban J connectivity index is 1.43. The van der Waals surface area contributed by atoms with Gasteiger partial charge in [-0.25, -0.2) is 9.97 Å². The molecule has 1 saturated heterocycles. The monoisotopic (exact) mass is 419 g/mol. The molecule has 9 nitrogen and oxygen atoms in total. The first-order valence-corrected chi connectivity index (χ1v) is 9.80. The lowest BCUT2D eigenvalue weighted by Gasteiger charge is -2.35. The summed E-state index contributed by atoms with van der Waals surface area (Å²) in [4.78, 5) is 35.8. The molecule has 1 aliphatic heterocycles. The van der Waals surface area contributed by atoms with Crippen molar-refractivity contribution in [1.82, 2.24) is 14.9 Å². The summed E-state index contributed by atoms with van der Waals surface area (Å²) in [7, 11) is 1.63. The number of benzene rings is 2. The van der Waals surface area contributed by atoms with Crippen LogP contribution in [0.4, 0.5) is 11.5 Å². The van der Waals surface area contributed by atoms with Gasteiger partial charge in [-0.05, 0) is 30.3 Å². The van der Waals surface area contributed by atoms with Crippen LogP contribution >= 0.6 is 0 Å². The van der Waals surface area contributed by atoms with E-state index in [0.717, 1.165) is 22.8 Å². The minimum atomic E-state index is -0.496. The number of rotatable bonds is 5. The third-order valence-electron chi connectivity index (χ3n) is 5.23. The van der Waals surface area contributed by atoms with Crippen LogP contribution in [0.3, 0.4) is 0 Å². The molecule has 31 heavy (non-hydrogen) atoms. The van der Waals surface area contributed by atoms with Crippen molar-refractivity contribution < 1.29 is 14.5 Å². The van der Waals surface area contributed by atoms with E-state index in [1.807, 2.05) is 30.3 Å². The number of carbonyl (C=O) groups is 1. The zero-order valence-corrected chi connectivity index (χ0v) is 17.0. The second kappa shape index (κ2) is 8.78. The number of methoxy groups -OCH3 is 1. The summed E-state index contributed by atoms with van der Waals surface area (Å²) in [5.74, 6) is 1.37. The maximum atomic E-state index is 12.8. The number of anilines is 1. The second-order valence-corrected chi connectivity index (χ2v) is 7.08. The van der Waals surface area contributed by atoms with E-state index in [1.165, 1.54) is 24.5 Å². The summed E-state index contributed by atoms with van der Waals surface area (Å²) in [5, 5.41) is 11.0. The number of piperazine rings is 1. The third kappa shape index (κ3) is 4.45. The van der Waals surface area contributed by atoms with Gasteiger partial charge in [0.1, 0.15) is 17.9 Å². The van der Waals surface area contributed by atoms with Gasteiger partial charge in [0, 0.05) is 55.5 Å². The maximum absolute atomic E-state index is 12.8. The van der Waals surface area contributed by atoms with Crippen LogP contribution in [0.1, 0.15) is 10.4 Å². The summed E-state index contributed by atoms with van der Waals surface area (Å²) in [6.45, 7) is 2.23. The highest BCUT2D eigenvalue weighted by molar-refractivity contribution is 5.95. The minimum absolute atomic E-state index is 0.0865. The summed E-state index contributed by atoms with van der Waals surface area (Å²) in [5.41, 5.74) is 2.01. The molecule has 1 aromatic heterocycles. The van der Waals surface area contributed by atoms with Crippen molar-refractivity contribution in [3.05, 3.63) is 76.6 Å². The van der Waals surface area contributed by atoms with Crippen LogP contribution in [0.15, 0.2) is 60.9 Å². The highest BCUT2D eigenvalue weighted by atomic mass is 16.6. The highest BCUT2D eigenvalue weighted by Crippen LogP contribution is 2.24. The van der Waals surface area contributed by atoms with Crippen molar-refractivity contribution in [3.8, 4) is 17.0 Å². The minimum Gasteiger partial charge on any atom is -0.497 e. The Labute approximate surface area is 179 Å². The van der Waals surface area contributed by atoms with Crippen LogP contribution < -0.4 is 9.64 Å². The Hall–Kier alpha value is -4.01. The van der Waals surface area contributed by atoms with Crippen molar-refractivity contribution in [2.24, 2.45) is 0 Å². The number of amides is 1. The lowest BCUT2D eigenvalue weighted by molar-refractivity contribution is -0.384. The molecule has 1 aliphatic rings. The van der Waals surface area contributed by atoms with Crippen molar-refractivity contribution in [3.63, 3.8) is 0 Å². The standard InChI is InChI=1S/C22H21N5O4/c1-31-19-7-5-16(6-8-19)20-14-21(24-15-23-20)25-9-11-26(12-10-25)22(28)17-3-2-4-18(13-17)27(29)30/h2-8,13-15H,9-12H2,1H3. The number of hydrogen-bond acceptors (Lipinski definition) is 7. The summed E-state index contributed by atoms with van der Waals surface area (Å²) in [6.07, 6.45) is 1.54. The largest absolute Gasteiger partial charge is 0.497 e. The first kappa shape index (κ1) is 20.3.